The summed E-state index contributed by atoms with van der Waals surface area (Å²) < 4.78 is 13.8. The molecule has 19 heavy (non-hydrogen) atoms. The number of amides is 1. The van der Waals surface area contributed by atoms with Gasteiger partial charge in [0, 0.05) is 42.8 Å². The molecule has 0 saturated carbocycles. The Morgan fingerprint density at radius 1 is 1.53 bits per heavy atom. The largest absolute Gasteiger partial charge is 0.366 e. The van der Waals surface area contributed by atoms with Gasteiger partial charge in [-0.1, -0.05) is 0 Å². The lowest BCUT2D eigenvalue weighted by molar-refractivity contribution is 0.0815. The minimum absolute atomic E-state index is 0.0343. The third-order valence-electron chi connectivity index (χ3n) is 3.66. The zero-order valence-electron chi connectivity index (χ0n) is 11.4. The molecule has 1 aromatic carbocycles. The maximum atomic E-state index is 13.8. The number of hydrogen-bond donors (Lipinski definition) is 2. The lowest BCUT2D eigenvalue weighted by Crippen LogP contribution is -2.57. The van der Waals surface area contributed by atoms with Gasteiger partial charge in [-0.2, -0.15) is 0 Å². The highest BCUT2D eigenvalue weighted by molar-refractivity contribution is 5.92. The molecule has 1 aliphatic heterocycles. The third-order valence-corrected chi connectivity index (χ3v) is 3.66. The fourth-order valence-electron chi connectivity index (χ4n) is 2.37. The summed E-state index contributed by atoms with van der Waals surface area (Å²) in [4.78, 5) is 13.4. The second-order valence-corrected chi connectivity index (χ2v) is 5.58. The topological polar surface area (TPSA) is 58.4 Å². The second-order valence-electron chi connectivity index (χ2n) is 5.58. The van der Waals surface area contributed by atoms with Crippen molar-refractivity contribution in [2.75, 3.05) is 19.6 Å². The molecule has 4 nitrogen and oxygen atoms in total. The van der Waals surface area contributed by atoms with E-state index in [1.54, 1.807) is 6.07 Å². The van der Waals surface area contributed by atoms with Crippen molar-refractivity contribution in [1.82, 2.24) is 10.2 Å². The van der Waals surface area contributed by atoms with Crippen molar-refractivity contribution in [3.05, 3.63) is 35.1 Å². The smallest absolute Gasteiger partial charge is 0.248 e. The van der Waals surface area contributed by atoms with Crippen molar-refractivity contribution < 1.29 is 9.18 Å². The lowest BCUT2D eigenvalue weighted by atomic mass is 9.98. The van der Waals surface area contributed by atoms with Gasteiger partial charge in [-0.25, -0.2) is 4.39 Å². The number of carbonyl (C=O) groups excluding carboxylic acids is 1. The number of halogens is 1. The Hall–Kier alpha value is -1.46. The van der Waals surface area contributed by atoms with E-state index in [4.69, 9.17) is 5.73 Å². The van der Waals surface area contributed by atoms with Crippen LogP contribution in [0.1, 0.15) is 29.8 Å². The quantitative estimate of drug-likeness (QED) is 0.860. The number of piperazine rings is 1. The molecular formula is C14H20FN3O. The van der Waals surface area contributed by atoms with Gasteiger partial charge in [0.2, 0.25) is 5.91 Å². The van der Waals surface area contributed by atoms with E-state index in [1.165, 1.54) is 12.1 Å². The first-order chi connectivity index (χ1) is 8.90. The maximum absolute atomic E-state index is 13.8. The highest BCUT2D eigenvalue weighted by Crippen LogP contribution is 2.21. The molecule has 1 aromatic rings. The highest BCUT2D eigenvalue weighted by Gasteiger charge is 2.29. The molecule has 0 spiro atoms. The average molecular weight is 265 g/mol. The zero-order chi connectivity index (χ0) is 14.0. The van der Waals surface area contributed by atoms with E-state index >= 15 is 0 Å². The third kappa shape index (κ3) is 3.11. The van der Waals surface area contributed by atoms with Gasteiger partial charge in [0.15, 0.2) is 0 Å². The zero-order valence-corrected chi connectivity index (χ0v) is 11.4. The van der Waals surface area contributed by atoms with Crippen LogP contribution in [0.5, 0.6) is 0 Å². The summed E-state index contributed by atoms with van der Waals surface area (Å²) in [5, 5.41) is 3.33. The standard InChI is InChI=1S/C14H20FN3O/c1-14(2)9-17-5-6-18(14)8-11-7-10(13(16)19)3-4-12(11)15/h3-4,7,17H,5-6,8-9H2,1-2H3,(H2,16,19). The van der Waals surface area contributed by atoms with E-state index in [9.17, 15) is 9.18 Å². The molecule has 104 valence electrons. The number of nitrogens with zero attached hydrogens (tertiary/aromatic N) is 1. The fourth-order valence-corrected chi connectivity index (χ4v) is 2.37. The van der Waals surface area contributed by atoms with Crippen LogP contribution in [0.3, 0.4) is 0 Å². The summed E-state index contributed by atoms with van der Waals surface area (Å²) in [7, 11) is 0. The number of primary amides is 1. The molecule has 0 unspecified atom stereocenters. The van der Waals surface area contributed by atoms with Crippen LogP contribution in [0.15, 0.2) is 18.2 Å². The molecule has 1 fully saturated rings. The minimum atomic E-state index is -0.527. The number of benzene rings is 1. The lowest BCUT2D eigenvalue weighted by Gasteiger charge is -2.43. The van der Waals surface area contributed by atoms with E-state index in [2.05, 4.69) is 24.1 Å². The Balaban J connectivity index is 2.22. The van der Waals surface area contributed by atoms with E-state index < -0.39 is 5.91 Å². The number of carbonyl (C=O) groups is 1. The Morgan fingerprint density at radius 3 is 2.89 bits per heavy atom. The van der Waals surface area contributed by atoms with Crippen LogP contribution in [0, 0.1) is 5.82 Å². The molecule has 0 aliphatic carbocycles. The van der Waals surface area contributed by atoms with Gasteiger partial charge in [0.05, 0.1) is 0 Å². The Bertz CT molecular complexity index is 488. The first-order valence-electron chi connectivity index (χ1n) is 6.44. The van der Waals surface area contributed by atoms with Crippen LogP contribution in [0.25, 0.3) is 0 Å². The first kappa shape index (κ1) is 14.0. The number of hydrogen-bond acceptors (Lipinski definition) is 3. The number of nitrogens with two attached hydrogens (primary N) is 1. The molecule has 0 atom stereocenters. The number of rotatable bonds is 3. The van der Waals surface area contributed by atoms with Gasteiger partial charge in [-0.15, -0.1) is 0 Å². The fraction of sp³-hybridized carbons (Fsp3) is 0.500. The molecule has 0 aromatic heterocycles. The van der Waals surface area contributed by atoms with E-state index in [1.807, 2.05) is 0 Å². The monoisotopic (exact) mass is 265 g/mol. The predicted octanol–water partition coefficient (Wildman–Crippen LogP) is 1.11. The van der Waals surface area contributed by atoms with E-state index in [-0.39, 0.29) is 11.4 Å². The molecule has 2 rings (SSSR count). The van der Waals surface area contributed by atoms with E-state index in [0.29, 0.717) is 17.7 Å². The molecule has 1 aliphatic rings. The summed E-state index contributed by atoms with van der Waals surface area (Å²) in [6.07, 6.45) is 0. The normalized spacial score (nSPS) is 19.3. The molecule has 1 saturated heterocycles. The highest BCUT2D eigenvalue weighted by atomic mass is 19.1. The van der Waals surface area contributed by atoms with Gasteiger partial charge in [-0.05, 0) is 32.0 Å². The first-order valence-corrected chi connectivity index (χ1v) is 6.44. The van der Waals surface area contributed by atoms with Crippen molar-refractivity contribution in [3.63, 3.8) is 0 Å². The van der Waals surface area contributed by atoms with Gasteiger partial charge < -0.3 is 11.1 Å². The molecule has 0 bridgehead atoms. The minimum Gasteiger partial charge on any atom is -0.366 e. The molecule has 5 heteroatoms. The Labute approximate surface area is 112 Å². The Kier molecular flexibility index (Phi) is 3.87. The summed E-state index contributed by atoms with van der Waals surface area (Å²) >= 11 is 0. The Morgan fingerprint density at radius 2 is 2.26 bits per heavy atom. The molecule has 1 amide bonds. The average Bonchev–Trinajstić information content (AvgIpc) is 2.34. The number of nitrogens with one attached hydrogen (secondary N) is 1. The summed E-state index contributed by atoms with van der Waals surface area (Å²) in [6.45, 7) is 7.34. The summed E-state index contributed by atoms with van der Waals surface area (Å²) in [5.74, 6) is -0.819. The van der Waals surface area contributed by atoms with Crippen LogP contribution in [0.4, 0.5) is 4.39 Å². The van der Waals surface area contributed by atoms with Gasteiger partial charge in [0.1, 0.15) is 5.82 Å². The summed E-state index contributed by atoms with van der Waals surface area (Å²) in [5.41, 5.74) is 6.07. The van der Waals surface area contributed by atoms with Crippen LogP contribution in [-0.2, 0) is 6.54 Å². The predicted molar refractivity (Wildman–Crippen MR) is 72.3 cm³/mol. The van der Waals surface area contributed by atoms with E-state index in [0.717, 1.165) is 19.6 Å². The van der Waals surface area contributed by atoms with Crippen molar-refractivity contribution in [1.29, 1.82) is 0 Å². The van der Waals surface area contributed by atoms with Crippen molar-refractivity contribution in [2.24, 2.45) is 5.73 Å². The van der Waals surface area contributed by atoms with Gasteiger partial charge >= 0.3 is 0 Å². The van der Waals surface area contributed by atoms with Crippen LogP contribution in [-0.4, -0.2) is 36.0 Å². The summed E-state index contributed by atoms with van der Waals surface area (Å²) in [6, 6.07) is 4.28. The van der Waals surface area contributed by atoms with Gasteiger partial charge in [-0.3, -0.25) is 9.69 Å². The van der Waals surface area contributed by atoms with Crippen molar-refractivity contribution >= 4 is 5.91 Å². The molecule has 1 heterocycles. The van der Waals surface area contributed by atoms with Crippen LogP contribution < -0.4 is 11.1 Å². The van der Waals surface area contributed by atoms with Crippen LogP contribution >= 0.6 is 0 Å². The van der Waals surface area contributed by atoms with Gasteiger partial charge in [0.25, 0.3) is 0 Å². The molecule has 3 N–H and O–H groups in total. The molecular weight excluding hydrogens is 245 g/mol. The SMILES string of the molecule is CC1(C)CNCCN1Cc1cc(C(N)=O)ccc1F. The van der Waals surface area contributed by atoms with Crippen LogP contribution in [0.2, 0.25) is 0 Å². The maximum Gasteiger partial charge on any atom is 0.248 e. The molecule has 0 radical (unpaired) electrons. The van der Waals surface area contributed by atoms with Crippen molar-refractivity contribution in [2.45, 2.75) is 25.9 Å². The second kappa shape index (κ2) is 5.27. The van der Waals surface area contributed by atoms with Crippen molar-refractivity contribution in [3.8, 4) is 0 Å².